The second-order valence-electron chi connectivity index (χ2n) is 5.85. The average molecular weight is 335 g/mol. The number of halogens is 2. The molecule has 0 aliphatic carbocycles. The van der Waals surface area contributed by atoms with Crippen LogP contribution in [0.15, 0.2) is 6.07 Å². The van der Waals surface area contributed by atoms with E-state index in [0.29, 0.717) is 18.6 Å². The number of aryl methyl sites for hydroxylation is 2. The number of likely N-dealkylation sites (tertiary alicyclic amines) is 1. The molecule has 2 fully saturated rings. The van der Waals surface area contributed by atoms with Crippen molar-refractivity contribution in [3.63, 3.8) is 0 Å². The Bertz CT molecular complexity index is 491. The summed E-state index contributed by atoms with van der Waals surface area (Å²) >= 11 is 0. The van der Waals surface area contributed by atoms with Gasteiger partial charge in [-0.2, -0.15) is 5.10 Å². The minimum atomic E-state index is 0. The van der Waals surface area contributed by atoms with Gasteiger partial charge in [0.2, 0.25) is 5.91 Å². The van der Waals surface area contributed by atoms with Crippen molar-refractivity contribution in [1.82, 2.24) is 20.0 Å². The molecule has 21 heavy (non-hydrogen) atoms. The first-order valence-electron chi connectivity index (χ1n) is 7.16. The topological polar surface area (TPSA) is 50.2 Å². The van der Waals surface area contributed by atoms with Gasteiger partial charge in [0.05, 0.1) is 5.69 Å². The number of carbonyl (C=O) groups is 1. The van der Waals surface area contributed by atoms with Crippen LogP contribution in [-0.4, -0.2) is 45.8 Å². The number of nitrogens with one attached hydrogen (secondary N) is 1. The average Bonchev–Trinajstić information content (AvgIpc) is 2.82. The Balaban J connectivity index is 0.00000110. The molecule has 1 aromatic heterocycles. The van der Waals surface area contributed by atoms with Crippen LogP contribution in [0.25, 0.3) is 0 Å². The Kier molecular flexibility index (Phi) is 6.50. The molecule has 0 radical (unpaired) electrons. The van der Waals surface area contributed by atoms with Crippen molar-refractivity contribution in [2.45, 2.75) is 51.7 Å². The molecule has 2 bridgehead atoms. The van der Waals surface area contributed by atoms with E-state index in [9.17, 15) is 4.79 Å². The number of amides is 1. The Morgan fingerprint density at radius 1 is 1.29 bits per heavy atom. The third-order valence-corrected chi connectivity index (χ3v) is 4.26. The molecule has 0 saturated carbocycles. The normalized spacial score (nSPS) is 24.0. The summed E-state index contributed by atoms with van der Waals surface area (Å²) in [5.41, 5.74) is 2.03. The summed E-state index contributed by atoms with van der Waals surface area (Å²) in [6.45, 7) is 6.07. The van der Waals surface area contributed by atoms with Gasteiger partial charge in [-0.3, -0.25) is 9.48 Å². The summed E-state index contributed by atoms with van der Waals surface area (Å²) in [4.78, 5) is 14.4. The molecule has 1 aromatic rings. The van der Waals surface area contributed by atoms with Gasteiger partial charge in [0.1, 0.15) is 6.54 Å². The molecule has 2 unspecified atom stereocenters. The van der Waals surface area contributed by atoms with E-state index in [-0.39, 0.29) is 30.7 Å². The zero-order chi connectivity index (χ0) is 13.4. The molecule has 3 heterocycles. The summed E-state index contributed by atoms with van der Waals surface area (Å²) in [7, 11) is 0. The Labute approximate surface area is 138 Å². The van der Waals surface area contributed by atoms with Gasteiger partial charge in [0.25, 0.3) is 0 Å². The highest BCUT2D eigenvalue weighted by molar-refractivity contribution is 5.85. The quantitative estimate of drug-likeness (QED) is 0.895. The molecule has 1 amide bonds. The van der Waals surface area contributed by atoms with E-state index < -0.39 is 0 Å². The van der Waals surface area contributed by atoms with Crippen molar-refractivity contribution in [2.75, 3.05) is 13.1 Å². The van der Waals surface area contributed by atoms with Crippen LogP contribution < -0.4 is 5.32 Å². The van der Waals surface area contributed by atoms with Crippen LogP contribution in [0.1, 0.15) is 30.7 Å². The zero-order valence-electron chi connectivity index (χ0n) is 12.5. The molecular formula is C14H24Cl2N4O. The van der Waals surface area contributed by atoms with Crippen LogP contribution >= 0.6 is 24.8 Å². The molecule has 2 atom stereocenters. The van der Waals surface area contributed by atoms with Crippen molar-refractivity contribution >= 4 is 30.7 Å². The number of fused-ring (bicyclic) bond motifs is 2. The number of hydrogen-bond donors (Lipinski definition) is 1. The molecular weight excluding hydrogens is 311 g/mol. The summed E-state index contributed by atoms with van der Waals surface area (Å²) in [6.07, 6.45) is 3.55. The summed E-state index contributed by atoms with van der Waals surface area (Å²) in [5, 5.41) is 7.97. The van der Waals surface area contributed by atoms with E-state index >= 15 is 0 Å². The maximum absolute atomic E-state index is 12.4. The first kappa shape index (κ1) is 18.3. The van der Waals surface area contributed by atoms with Crippen LogP contribution in [0.5, 0.6) is 0 Å². The van der Waals surface area contributed by atoms with Gasteiger partial charge >= 0.3 is 0 Å². The number of aromatic nitrogens is 2. The van der Waals surface area contributed by atoms with Crippen molar-refractivity contribution in [3.05, 3.63) is 17.5 Å². The zero-order valence-corrected chi connectivity index (χ0v) is 14.2. The van der Waals surface area contributed by atoms with Crippen LogP contribution in [0.4, 0.5) is 0 Å². The monoisotopic (exact) mass is 334 g/mol. The summed E-state index contributed by atoms with van der Waals surface area (Å²) < 4.78 is 1.81. The lowest BCUT2D eigenvalue weighted by Gasteiger charge is -2.24. The van der Waals surface area contributed by atoms with Crippen LogP contribution in [-0.2, 0) is 11.3 Å². The first-order chi connectivity index (χ1) is 9.11. The first-order valence-corrected chi connectivity index (χ1v) is 7.16. The van der Waals surface area contributed by atoms with Gasteiger partial charge in [0, 0.05) is 30.9 Å². The molecule has 1 N–H and O–H groups in total. The van der Waals surface area contributed by atoms with Gasteiger partial charge in [-0.15, -0.1) is 24.8 Å². The third kappa shape index (κ3) is 4.11. The fourth-order valence-corrected chi connectivity index (χ4v) is 3.23. The second kappa shape index (κ2) is 7.47. The highest BCUT2D eigenvalue weighted by atomic mass is 35.5. The number of nitrogens with zero attached hydrogens (tertiary/aromatic N) is 3. The maximum Gasteiger partial charge on any atom is 0.244 e. The largest absolute Gasteiger partial charge is 0.339 e. The second-order valence-corrected chi connectivity index (χ2v) is 5.85. The fraction of sp³-hybridized carbons (Fsp3) is 0.714. The van der Waals surface area contributed by atoms with E-state index in [4.69, 9.17) is 0 Å². The van der Waals surface area contributed by atoms with Crippen LogP contribution in [0, 0.1) is 13.8 Å². The van der Waals surface area contributed by atoms with Crippen molar-refractivity contribution in [1.29, 1.82) is 0 Å². The number of hydrogen-bond acceptors (Lipinski definition) is 3. The minimum Gasteiger partial charge on any atom is -0.339 e. The van der Waals surface area contributed by atoms with Crippen molar-refractivity contribution in [3.8, 4) is 0 Å². The van der Waals surface area contributed by atoms with Gasteiger partial charge in [-0.05, 0) is 39.2 Å². The van der Waals surface area contributed by atoms with E-state index in [0.717, 1.165) is 30.9 Å². The molecule has 2 aliphatic heterocycles. The highest BCUT2D eigenvalue weighted by Crippen LogP contribution is 2.20. The summed E-state index contributed by atoms with van der Waals surface area (Å²) in [5.74, 6) is 0.195. The van der Waals surface area contributed by atoms with Gasteiger partial charge < -0.3 is 10.2 Å². The fourth-order valence-electron chi connectivity index (χ4n) is 3.23. The highest BCUT2D eigenvalue weighted by Gasteiger charge is 2.31. The molecule has 5 nitrogen and oxygen atoms in total. The molecule has 3 rings (SSSR count). The SMILES string of the molecule is Cc1cc(C)n(CC(=O)N2CCC3CCC(C2)N3)n1.Cl.Cl. The van der Waals surface area contributed by atoms with E-state index in [1.807, 2.05) is 29.5 Å². The van der Waals surface area contributed by atoms with E-state index in [1.165, 1.54) is 12.8 Å². The Morgan fingerprint density at radius 2 is 2.00 bits per heavy atom. The van der Waals surface area contributed by atoms with Crippen molar-refractivity contribution in [2.24, 2.45) is 0 Å². The predicted molar refractivity (Wildman–Crippen MR) is 87.3 cm³/mol. The maximum atomic E-state index is 12.4. The standard InChI is InChI=1S/C14H22N4O.2ClH/c1-10-7-11(2)18(16-10)9-14(19)17-6-5-12-3-4-13(8-17)15-12;;/h7,12-13,15H,3-6,8-9H2,1-2H3;2*1H. The smallest absolute Gasteiger partial charge is 0.244 e. The summed E-state index contributed by atoms with van der Waals surface area (Å²) in [6, 6.07) is 3.13. The molecule has 2 aliphatic rings. The lowest BCUT2D eigenvalue weighted by Crippen LogP contribution is -2.40. The van der Waals surface area contributed by atoms with Crippen molar-refractivity contribution < 1.29 is 4.79 Å². The van der Waals surface area contributed by atoms with E-state index in [1.54, 1.807) is 0 Å². The Morgan fingerprint density at radius 3 is 2.67 bits per heavy atom. The van der Waals surface area contributed by atoms with Gasteiger partial charge in [-0.25, -0.2) is 0 Å². The lowest BCUT2D eigenvalue weighted by molar-refractivity contribution is -0.132. The van der Waals surface area contributed by atoms with Crippen LogP contribution in [0.3, 0.4) is 0 Å². The van der Waals surface area contributed by atoms with Crippen LogP contribution in [0.2, 0.25) is 0 Å². The number of rotatable bonds is 2. The molecule has 0 spiro atoms. The predicted octanol–water partition coefficient (Wildman–Crippen LogP) is 1.70. The minimum absolute atomic E-state index is 0. The van der Waals surface area contributed by atoms with Gasteiger partial charge in [-0.1, -0.05) is 0 Å². The number of carbonyl (C=O) groups excluding carboxylic acids is 1. The molecule has 120 valence electrons. The van der Waals surface area contributed by atoms with Gasteiger partial charge in [0.15, 0.2) is 0 Å². The molecule has 2 saturated heterocycles. The molecule has 7 heteroatoms. The molecule has 0 aromatic carbocycles. The lowest BCUT2D eigenvalue weighted by atomic mass is 10.1. The Hall–Kier alpha value is -0.780. The van der Waals surface area contributed by atoms with E-state index in [2.05, 4.69) is 10.4 Å². The third-order valence-electron chi connectivity index (χ3n) is 4.26.